The van der Waals surface area contributed by atoms with E-state index in [1.165, 1.54) is 30.3 Å². The molecule has 2 aromatic carbocycles. The van der Waals surface area contributed by atoms with Crippen LogP contribution in [0.5, 0.6) is 0 Å². The second-order valence-electron chi connectivity index (χ2n) is 6.64. The van der Waals surface area contributed by atoms with Gasteiger partial charge in [0, 0.05) is 22.7 Å². The summed E-state index contributed by atoms with van der Waals surface area (Å²) < 4.78 is 18.3. The summed E-state index contributed by atoms with van der Waals surface area (Å²) >= 11 is 0. The van der Waals surface area contributed by atoms with Crippen molar-refractivity contribution in [2.45, 2.75) is 19.9 Å². The number of rotatable bonds is 6. The summed E-state index contributed by atoms with van der Waals surface area (Å²) in [6.07, 6.45) is 0.860. The summed E-state index contributed by atoms with van der Waals surface area (Å²) in [6.45, 7) is 2.76. The highest BCUT2D eigenvalue weighted by atomic mass is 19.1. The smallest absolute Gasteiger partial charge is 0.336 e. The van der Waals surface area contributed by atoms with Gasteiger partial charge in [0.25, 0.3) is 5.91 Å². The Kier molecular flexibility index (Phi) is 5.66. The molecule has 27 heavy (non-hydrogen) atoms. The summed E-state index contributed by atoms with van der Waals surface area (Å²) in [7, 11) is 1.88. The molecule has 3 aromatic rings. The Bertz CT molecular complexity index is 1010. The molecule has 3 rings (SSSR count). The monoisotopic (exact) mass is 369 g/mol. The lowest BCUT2D eigenvalue weighted by Crippen LogP contribution is -3.08. The summed E-state index contributed by atoms with van der Waals surface area (Å²) in [5.41, 5.74) is 2.67. The fourth-order valence-electron chi connectivity index (χ4n) is 3.04. The zero-order chi connectivity index (χ0) is 19.4. The first-order valence-electron chi connectivity index (χ1n) is 8.87. The highest BCUT2D eigenvalue weighted by molar-refractivity contribution is 5.91. The van der Waals surface area contributed by atoms with Crippen LogP contribution in [0.15, 0.2) is 57.7 Å². The average molecular weight is 369 g/mol. The van der Waals surface area contributed by atoms with Crippen LogP contribution in [-0.4, -0.2) is 19.5 Å². The number of anilines is 1. The molecule has 0 spiro atoms. The normalized spacial score (nSPS) is 12.1. The van der Waals surface area contributed by atoms with Crippen molar-refractivity contribution >= 4 is 22.6 Å². The van der Waals surface area contributed by atoms with E-state index in [1.54, 1.807) is 0 Å². The first-order valence-corrected chi connectivity index (χ1v) is 8.87. The minimum Gasteiger partial charge on any atom is -0.423 e. The van der Waals surface area contributed by atoms with Crippen molar-refractivity contribution < 1.29 is 18.5 Å². The molecule has 0 bridgehead atoms. The van der Waals surface area contributed by atoms with Crippen molar-refractivity contribution in [1.29, 1.82) is 0 Å². The molecule has 1 aromatic heterocycles. The third kappa shape index (κ3) is 4.80. The van der Waals surface area contributed by atoms with Crippen molar-refractivity contribution in [1.82, 2.24) is 0 Å². The van der Waals surface area contributed by atoms with Gasteiger partial charge in [0.05, 0.1) is 7.05 Å². The maximum absolute atomic E-state index is 12.9. The van der Waals surface area contributed by atoms with E-state index in [0.717, 1.165) is 27.8 Å². The van der Waals surface area contributed by atoms with E-state index in [1.807, 2.05) is 32.2 Å². The van der Waals surface area contributed by atoms with Gasteiger partial charge in [0.2, 0.25) is 0 Å². The van der Waals surface area contributed by atoms with Crippen molar-refractivity contribution in [2.24, 2.45) is 0 Å². The van der Waals surface area contributed by atoms with Crippen LogP contribution in [0.3, 0.4) is 0 Å². The van der Waals surface area contributed by atoms with Crippen molar-refractivity contribution in [3.8, 4) is 0 Å². The summed E-state index contributed by atoms with van der Waals surface area (Å²) in [5, 5.41) is 3.62. The van der Waals surface area contributed by atoms with E-state index in [4.69, 9.17) is 4.42 Å². The quantitative estimate of drug-likeness (QED) is 0.655. The van der Waals surface area contributed by atoms with E-state index in [9.17, 15) is 14.0 Å². The van der Waals surface area contributed by atoms with Crippen molar-refractivity contribution in [3.63, 3.8) is 0 Å². The molecule has 1 atom stereocenters. The highest BCUT2D eigenvalue weighted by Gasteiger charge is 2.14. The molecule has 2 N–H and O–H groups in total. The molecular formula is C21H22FN2O3+. The molecule has 0 aliphatic rings. The fourth-order valence-corrected chi connectivity index (χ4v) is 3.04. The van der Waals surface area contributed by atoms with Crippen LogP contribution in [0.2, 0.25) is 0 Å². The molecule has 0 saturated carbocycles. The molecule has 1 unspecified atom stereocenters. The number of halogens is 1. The van der Waals surface area contributed by atoms with E-state index < -0.39 is 5.63 Å². The SMILES string of the molecule is CCc1ccc2c(C[NH+](C)CC(=O)Nc3ccc(F)cc3)cc(=O)oc2c1. The van der Waals surface area contributed by atoms with Crippen LogP contribution in [-0.2, 0) is 17.8 Å². The second-order valence-corrected chi connectivity index (χ2v) is 6.64. The minimum absolute atomic E-state index is 0.181. The van der Waals surface area contributed by atoms with Crippen LogP contribution in [0.1, 0.15) is 18.1 Å². The minimum atomic E-state index is -0.394. The summed E-state index contributed by atoms with van der Waals surface area (Å²) in [6, 6.07) is 13.0. The lowest BCUT2D eigenvalue weighted by Gasteiger charge is -2.15. The zero-order valence-electron chi connectivity index (χ0n) is 15.3. The van der Waals surface area contributed by atoms with Crippen LogP contribution in [0, 0.1) is 5.82 Å². The number of likely N-dealkylation sites (N-methyl/N-ethyl adjacent to an activating group) is 1. The third-order valence-electron chi connectivity index (χ3n) is 4.39. The molecule has 0 aliphatic heterocycles. The van der Waals surface area contributed by atoms with E-state index >= 15 is 0 Å². The third-order valence-corrected chi connectivity index (χ3v) is 4.39. The maximum atomic E-state index is 12.9. The van der Waals surface area contributed by atoms with Gasteiger partial charge >= 0.3 is 5.63 Å². The first kappa shape index (κ1) is 18.8. The summed E-state index contributed by atoms with van der Waals surface area (Å²) in [5.74, 6) is -0.531. The van der Waals surface area contributed by atoms with Crippen LogP contribution < -0.4 is 15.8 Å². The van der Waals surface area contributed by atoms with Crippen LogP contribution in [0.25, 0.3) is 11.0 Å². The Morgan fingerprint density at radius 2 is 1.89 bits per heavy atom. The molecule has 0 radical (unpaired) electrons. The number of benzene rings is 2. The van der Waals surface area contributed by atoms with Gasteiger partial charge in [-0.2, -0.15) is 0 Å². The van der Waals surface area contributed by atoms with E-state index in [-0.39, 0.29) is 18.3 Å². The molecule has 1 heterocycles. The number of hydrogen-bond donors (Lipinski definition) is 2. The molecule has 6 heteroatoms. The van der Waals surface area contributed by atoms with E-state index in [2.05, 4.69) is 5.32 Å². The van der Waals surface area contributed by atoms with Gasteiger partial charge in [-0.05, 0) is 42.3 Å². The van der Waals surface area contributed by atoms with Gasteiger partial charge in [0.15, 0.2) is 6.54 Å². The van der Waals surface area contributed by atoms with Crippen molar-refractivity contribution in [3.05, 3.63) is 75.9 Å². The molecule has 140 valence electrons. The Balaban J connectivity index is 1.71. The number of hydrogen-bond acceptors (Lipinski definition) is 3. The predicted molar refractivity (Wildman–Crippen MR) is 102 cm³/mol. The molecule has 0 fully saturated rings. The molecular weight excluding hydrogens is 347 g/mol. The predicted octanol–water partition coefficient (Wildman–Crippen LogP) is 2.15. The second kappa shape index (κ2) is 8.14. The van der Waals surface area contributed by atoms with Gasteiger partial charge < -0.3 is 14.6 Å². The molecule has 0 saturated heterocycles. The molecule has 5 nitrogen and oxygen atoms in total. The Morgan fingerprint density at radius 3 is 2.59 bits per heavy atom. The highest BCUT2D eigenvalue weighted by Crippen LogP contribution is 2.18. The number of carbonyl (C=O) groups is 1. The lowest BCUT2D eigenvalue weighted by molar-refractivity contribution is -0.885. The average Bonchev–Trinajstić information content (AvgIpc) is 2.62. The van der Waals surface area contributed by atoms with Gasteiger partial charge in [-0.1, -0.05) is 19.1 Å². The molecule has 0 aliphatic carbocycles. The van der Waals surface area contributed by atoms with Crippen LogP contribution in [0.4, 0.5) is 10.1 Å². The summed E-state index contributed by atoms with van der Waals surface area (Å²) in [4.78, 5) is 25.0. The van der Waals surface area contributed by atoms with Crippen molar-refractivity contribution in [2.75, 3.05) is 18.9 Å². The van der Waals surface area contributed by atoms with Gasteiger partial charge in [-0.25, -0.2) is 9.18 Å². The number of fused-ring (bicyclic) bond motifs is 1. The standard InChI is InChI=1S/C21H21FN2O3/c1-3-14-4-9-18-15(11-21(26)27-19(18)10-14)12-24(2)13-20(25)23-17-7-5-16(22)6-8-17/h4-11H,3,12-13H2,1-2H3,(H,23,25)/p+1. The lowest BCUT2D eigenvalue weighted by atomic mass is 10.1. The first-order chi connectivity index (χ1) is 12.9. The van der Waals surface area contributed by atoms with Gasteiger partial charge in [-0.3, -0.25) is 4.79 Å². The number of amides is 1. The van der Waals surface area contributed by atoms with E-state index in [0.29, 0.717) is 17.8 Å². The Labute approximate surface area is 156 Å². The largest absolute Gasteiger partial charge is 0.423 e. The number of nitrogens with one attached hydrogen (secondary N) is 2. The number of quaternary nitrogens is 1. The van der Waals surface area contributed by atoms with Crippen LogP contribution >= 0.6 is 0 Å². The Morgan fingerprint density at radius 1 is 1.15 bits per heavy atom. The zero-order valence-corrected chi connectivity index (χ0v) is 15.3. The number of aryl methyl sites for hydroxylation is 1. The fraction of sp³-hybridized carbons (Fsp3) is 0.238. The maximum Gasteiger partial charge on any atom is 0.336 e. The Hall–Kier alpha value is -2.99. The van der Waals surface area contributed by atoms with Gasteiger partial charge in [-0.15, -0.1) is 0 Å². The topological polar surface area (TPSA) is 63.8 Å². The van der Waals surface area contributed by atoms with Gasteiger partial charge in [0.1, 0.15) is 17.9 Å². The number of carbonyl (C=O) groups excluding carboxylic acids is 1. The molecule has 1 amide bonds.